The lowest BCUT2D eigenvalue weighted by molar-refractivity contribution is -0.385. The van der Waals surface area contributed by atoms with E-state index in [2.05, 4.69) is 0 Å². The molecule has 1 fully saturated rings. The maximum Gasteiger partial charge on any atom is 0.270 e. The summed E-state index contributed by atoms with van der Waals surface area (Å²) >= 11 is 0. The van der Waals surface area contributed by atoms with Gasteiger partial charge < -0.3 is 19.7 Å². The highest BCUT2D eigenvalue weighted by Gasteiger charge is 2.27. The summed E-state index contributed by atoms with van der Waals surface area (Å²) < 4.78 is 26.3. The SMILES string of the molecule is CC1CN(c2ccc([N+](=O)[O-])cc2C(F)F)CCN1C(=O)[O-]. The molecule has 1 amide bonds. The number of hydrogen-bond donors (Lipinski definition) is 0. The molecule has 1 saturated heterocycles. The van der Waals surface area contributed by atoms with Gasteiger partial charge in [-0.05, 0) is 13.0 Å². The minimum atomic E-state index is -2.86. The van der Waals surface area contributed by atoms with Gasteiger partial charge in [-0.3, -0.25) is 10.1 Å². The molecule has 22 heavy (non-hydrogen) atoms. The van der Waals surface area contributed by atoms with Gasteiger partial charge in [0.25, 0.3) is 12.1 Å². The molecule has 2 rings (SSSR count). The standard InChI is InChI=1S/C13H15F2N3O4/c1-8-7-16(4-5-17(8)13(19)20)11-3-2-9(18(21)22)6-10(11)12(14)15/h2-3,6,8,12H,4-5,7H2,1H3,(H,19,20)/p-1. The molecule has 0 N–H and O–H groups in total. The van der Waals surface area contributed by atoms with Crippen molar-refractivity contribution in [3.05, 3.63) is 33.9 Å². The number of nitro benzene ring substituents is 1. The Balaban J connectivity index is 2.29. The van der Waals surface area contributed by atoms with Gasteiger partial charge in [0.15, 0.2) is 0 Å². The third-order valence-electron chi connectivity index (χ3n) is 3.66. The molecule has 1 aliphatic heterocycles. The van der Waals surface area contributed by atoms with E-state index in [1.54, 1.807) is 11.8 Å². The smallest absolute Gasteiger partial charge is 0.270 e. The van der Waals surface area contributed by atoms with Gasteiger partial charge in [0.1, 0.15) is 6.09 Å². The topological polar surface area (TPSA) is 89.8 Å². The van der Waals surface area contributed by atoms with Crippen molar-refractivity contribution in [3.63, 3.8) is 0 Å². The van der Waals surface area contributed by atoms with Crippen LogP contribution in [0.25, 0.3) is 0 Å². The van der Waals surface area contributed by atoms with Crippen LogP contribution in [0.2, 0.25) is 0 Å². The zero-order valence-electron chi connectivity index (χ0n) is 11.7. The van der Waals surface area contributed by atoms with Gasteiger partial charge in [0, 0.05) is 49.1 Å². The molecule has 120 valence electrons. The number of carbonyl (C=O) groups excluding carboxylic acids is 1. The lowest BCUT2D eigenvalue weighted by Gasteiger charge is -2.42. The first-order valence-electron chi connectivity index (χ1n) is 6.60. The van der Waals surface area contributed by atoms with E-state index in [1.165, 1.54) is 6.07 Å². The number of rotatable bonds is 3. The molecule has 0 spiro atoms. The molecular weight excluding hydrogens is 300 g/mol. The van der Waals surface area contributed by atoms with Gasteiger partial charge >= 0.3 is 0 Å². The fraction of sp³-hybridized carbons (Fsp3) is 0.462. The van der Waals surface area contributed by atoms with Crippen LogP contribution < -0.4 is 10.0 Å². The van der Waals surface area contributed by atoms with E-state index in [1.807, 2.05) is 0 Å². The number of carboxylic acid groups (broad SMARTS) is 1. The fourth-order valence-electron chi connectivity index (χ4n) is 2.57. The number of benzene rings is 1. The molecule has 0 aromatic heterocycles. The van der Waals surface area contributed by atoms with Crippen molar-refractivity contribution in [2.75, 3.05) is 24.5 Å². The largest absolute Gasteiger partial charge is 0.530 e. The van der Waals surface area contributed by atoms with Crippen LogP contribution in [0.15, 0.2) is 18.2 Å². The van der Waals surface area contributed by atoms with Gasteiger partial charge in [-0.1, -0.05) is 0 Å². The Kier molecular flexibility index (Phi) is 4.43. The van der Waals surface area contributed by atoms with Crippen LogP contribution in [0.5, 0.6) is 0 Å². The van der Waals surface area contributed by atoms with Crippen LogP contribution in [0.3, 0.4) is 0 Å². The lowest BCUT2D eigenvalue weighted by atomic mass is 10.1. The summed E-state index contributed by atoms with van der Waals surface area (Å²) in [5, 5.41) is 21.6. The molecule has 7 nitrogen and oxygen atoms in total. The molecule has 0 saturated carbocycles. The Morgan fingerprint density at radius 3 is 2.59 bits per heavy atom. The number of halogens is 2. The van der Waals surface area contributed by atoms with Crippen molar-refractivity contribution < 1.29 is 23.6 Å². The Morgan fingerprint density at radius 1 is 1.41 bits per heavy atom. The van der Waals surface area contributed by atoms with Gasteiger partial charge in [0.05, 0.1) is 4.92 Å². The molecule has 0 bridgehead atoms. The predicted octanol–water partition coefficient (Wildman–Crippen LogP) is 1.39. The van der Waals surface area contributed by atoms with Gasteiger partial charge in [0.2, 0.25) is 0 Å². The minimum Gasteiger partial charge on any atom is -0.530 e. The average molecular weight is 314 g/mol. The summed E-state index contributed by atoms with van der Waals surface area (Å²) in [6, 6.07) is 2.88. The molecule has 1 aliphatic rings. The van der Waals surface area contributed by atoms with Crippen LogP contribution in [0.1, 0.15) is 18.9 Å². The molecule has 1 aromatic carbocycles. The normalized spacial score (nSPS) is 18.6. The third kappa shape index (κ3) is 3.07. The Morgan fingerprint density at radius 2 is 2.09 bits per heavy atom. The first-order valence-corrected chi connectivity index (χ1v) is 6.60. The van der Waals surface area contributed by atoms with Crippen LogP contribution in [-0.4, -0.2) is 41.6 Å². The van der Waals surface area contributed by atoms with Crippen molar-refractivity contribution in [1.82, 2.24) is 4.90 Å². The zero-order chi connectivity index (χ0) is 16.4. The second-order valence-corrected chi connectivity index (χ2v) is 5.06. The highest BCUT2D eigenvalue weighted by Crippen LogP contribution is 2.34. The summed E-state index contributed by atoms with van der Waals surface area (Å²) in [6.45, 7) is 2.21. The van der Waals surface area contributed by atoms with Crippen molar-refractivity contribution in [3.8, 4) is 0 Å². The summed E-state index contributed by atoms with van der Waals surface area (Å²) in [5.41, 5.74) is -0.644. The number of amides is 1. The Bertz CT molecular complexity index is 597. The van der Waals surface area contributed by atoms with Gasteiger partial charge in [-0.2, -0.15) is 0 Å². The van der Waals surface area contributed by atoms with E-state index >= 15 is 0 Å². The van der Waals surface area contributed by atoms with E-state index in [4.69, 9.17) is 0 Å². The highest BCUT2D eigenvalue weighted by atomic mass is 19.3. The summed E-state index contributed by atoms with van der Waals surface area (Å²) in [6.07, 6.45) is -4.16. The summed E-state index contributed by atoms with van der Waals surface area (Å²) in [4.78, 5) is 23.6. The first kappa shape index (κ1) is 15.9. The van der Waals surface area contributed by atoms with E-state index in [9.17, 15) is 28.8 Å². The number of non-ortho nitro benzene ring substituents is 1. The number of nitro groups is 1. The van der Waals surface area contributed by atoms with E-state index in [0.717, 1.165) is 17.0 Å². The first-order chi connectivity index (χ1) is 10.3. The van der Waals surface area contributed by atoms with Crippen LogP contribution in [0.4, 0.5) is 25.0 Å². The zero-order valence-corrected chi connectivity index (χ0v) is 11.7. The highest BCUT2D eigenvalue weighted by molar-refractivity contribution is 5.64. The quantitative estimate of drug-likeness (QED) is 0.621. The third-order valence-corrected chi connectivity index (χ3v) is 3.66. The second-order valence-electron chi connectivity index (χ2n) is 5.06. The maximum absolute atomic E-state index is 13.2. The van der Waals surface area contributed by atoms with E-state index in [0.29, 0.717) is 0 Å². The Hall–Kier alpha value is -2.45. The number of nitrogens with zero attached hydrogens (tertiary/aromatic N) is 3. The predicted molar refractivity (Wildman–Crippen MR) is 71.8 cm³/mol. The van der Waals surface area contributed by atoms with Crippen LogP contribution in [-0.2, 0) is 0 Å². The monoisotopic (exact) mass is 314 g/mol. The van der Waals surface area contributed by atoms with Crippen molar-refractivity contribution in [2.45, 2.75) is 19.4 Å². The fourth-order valence-corrected chi connectivity index (χ4v) is 2.57. The van der Waals surface area contributed by atoms with E-state index in [-0.39, 0.29) is 25.3 Å². The minimum absolute atomic E-state index is 0.128. The van der Waals surface area contributed by atoms with Crippen LogP contribution in [0, 0.1) is 10.1 Å². The molecule has 1 unspecified atom stereocenters. The van der Waals surface area contributed by atoms with Gasteiger partial charge in [-0.25, -0.2) is 8.78 Å². The number of anilines is 1. The van der Waals surface area contributed by atoms with E-state index < -0.39 is 34.7 Å². The number of hydrogen-bond acceptors (Lipinski definition) is 5. The molecule has 0 radical (unpaired) electrons. The summed E-state index contributed by atoms with van der Waals surface area (Å²) in [5.74, 6) is 0. The van der Waals surface area contributed by atoms with Crippen molar-refractivity contribution >= 4 is 17.5 Å². The summed E-state index contributed by atoms with van der Waals surface area (Å²) in [7, 11) is 0. The number of carbonyl (C=O) groups is 1. The molecule has 1 atom stereocenters. The van der Waals surface area contributed by atoms with Crippen LogP contribution >= 0.6 is 0 Å². The molecule has 1 aromatic rings. The molecular formula is C13H14F2N3O4-. The number of piperazine rings is 1. The lowest BCUT2D eigenvalue weighted by Crippen LogP contribution is -2.57. The molecule has 9 heteroatoms. The Labute approximate surface area is 124 Å². The number of alkyl halides is 2. The average Bonchev–Trinajstić information content (AvgIpc) is 2.45. The van der Waals surface area contributed by atoms with Gasteiger partial charge in [-0.15, -0.1) is 0 Å². The molecule has 1 heterocycles. The second kappa shape index (κ2) is 6.12. The maximum atomic E-state index is 13.2. The van der Waals surface area contributed by atoms with Crippen molar-refractivity contribution in [1.29, 1.82) is 0 Å². The van der Waals surface area contributed by atoms with Crippen molar-refractivity contribution in [2.24, 2.45) is 0 Å². The molecule has 0 aliphatic carbocycles.